The van der Waals surface area contributed by atoms with Gasteiger partial charge in [-0.15, -0.1) is 0 Å². The number of amides is 1. The van der Waals surface area contributed by atoms with Crippen LogP contribution in [0.25, 0.3) is 0 Å². The van der Waals surface area contributed by atoms with Crippen LogP contribution in [0.1, 0.15) is 11.1 Å². The molecule has 0 spiro atoms. The second-order valence-corrected chi connectivity index (χ2v) is 8.27. The van der Waals surface area contributed by atoms with Crippen LogP contribution in [0, 0.1) is 12.7 Å². The highest BCUT2D eigenvalue weighted by Crippen LogP contribution is 2.26. The van der Waals surface area contributed by atoms with Crippen molar-refractivity contribution in [3.05, 3.63) is 64.4 Å². The Hall–Kier alpha value is -2.12. The molecule has 0 saturated carbocycles. The molecule has 1 amide bonds. The third-order valence-corrected chi connectivity index (χ3v) is 5.14. The maximum absolute atomic E-state index is 12.9. The van der Waals surface area contributed by atoms with Gasteiger partial charge in [0.25, 0.3) is 0 Å². The van der Waals surface area contributed by atoms with Gasteiger partial charge in [-0.1, -0.05) is 29.8 Å². The van der Waals surface area contributed by atoms with Crippen LogP contribution in [-0.2, 0) is 21.2 Å². The standard InChI is InChI=1S/C18H20ClFN2O3S/c1-13-3-6-15(19)11-17(13)22(26(2,24)25)12-18(23)21-10-9-14-4-7-16(20)8-5-14/h3-8,11H,9-10,12H2,1-2H3,(H,21,23). The zero-order chi connectivity index (χ0) is 19.3. The summed E-state index contributed by atoms with van der Waals surface area (Å²) in [6.07, 6.45) is 1.56. The molecule has 0 aliphatic rings. The van der Waals surface area contributed by atoms with Gasteiger partial charge in [0.2, 0.25) is 15.9 Å². The number of carbonyl (C=O) groups excluding carboxylic acids is 1. The molecular weight excluding hydrogens is 379 g/mol. The SMILES string of the molecule is Cc1ccc(Cl)cc1N(CC(=O)NCCc1ccc(F)cc1)S(C)(=O)=O. The summed E-state index contributed by atoms with van der Waals surface area (Å²) in [6, 6.07) is 10.9. The highest BCUT2D eigenvalue weighted by molar-refractivity contribution is 7.92. The molecular formula is C18H20ClFN2O3S. The molecule has 8 heteroatoms. The molecule has 1 N–H and O–H groups in total. The maximum Gasteiger partial charge on any atom is 0.240 e. The van der Waals surface area contributed by atoms with Gasteiger partial charge in [0.05, 0.1) is 11.9 Å². The highest BCUT2D eigenvalue weighted by Gasteiger charge is 2.22. The van der Waals surface area contributed by atoms with Crippen LogP contribution >= 0.6 is 11.6 Å². The summed E-state index contributed by atoms with van der Waals surface area (Å²) in [6.45, 7) is 1.72. The van der Waals surface area contributed by atoms with Crippen molar-refractivity contribution < 1.29 is 17.6 Å². The van der Waals surface area contributed by atoms with E-state index in [4.69, 9.17) is 11.6 Å². The van der Waals surface area contributed by atoms with E-state index in [2.05, 4.69) is 5.32 Å². The summed E-state index contributed by atoms with van der Waals surface area (Å²) in [5, 5.41) is 3.07. The molecule has 2 aromatic rings. The molecule has 2 aromatic carbocycles. The van der Waals surface area contributed by atoms with Crippen molar-refractivity contribution in [2.45, 2.75) is 13.3 Å². The Balaban J connectivity index is 2.03. The number of carbonyl (C=O) groups is 1. The molecule has 140 valence electrons. The van der Waals surface area contributed by atoms with Crippen LogP contribution in [0.5, 0.6) is 0 Å². The van der Waals surface area contributed by atoms with Gasteiger partial charge in [0.1, 0.15) is 12.4 Å². The van der Waals surface area contributed by atoms with Gasteiger partial charge in [-0.2, -0.15) is 0 Å². The summed E-state index contributed by atoms with van der Waals surface area (Å²) in [5.41, 5.74) is 1.94. The van der Waals surface area contributed by atoms with E-state index in [1.54, 1.807) is 31.2 Å². The predicted molar refractivity (Wildman–Crippen MR) is 101 cm³/mol. The van der Waals surface area contributed by atoms with E-state index in [1.807, 2.05) is 0 Å². The molecule has 0 radical (unpaired) electrons. The zero-order valence-corrected chi connectivity index (χ0v) is 16.1. The minimum Gasteiger partial charge on any atom is -0.354 e. The predicted octanol–water partition coefficient (Wildman–Crippen LogP) is 2.91. The lowest BCUT2D eigenvalue weighted by Gasteiger charge is -2.23. The van der Waals surface area contributed by atoms with E-state index in [0.717, 1.165) is 16.1 Å². The first-order valence-corrected chi connectivity index (χ1v) is 10.1. The van der Waals surface area contributed by atoms with Gasteiger partial charge in [-0.05, 0) is 48.7 Å². The molecule has 0 aromatic heterocycles. The number of aryl methyl sites for hydroxylation is 1. The van der Waals surface area contributed by atoms with Gasteiger partial charge >= 0.3 is 0 Å². The van der Waals surface area contributed by atoms with Crippen LogP contribution in [-0.4, -0.2) is 33.7 Å². The Morgan fingerprint density at radius 1 is 1.19 bits per heavy atom. The fourth-order valence-corrected chi connectivity index (χ4v) is 3.49. The molecule has 0 saturated heterocycles. The number of rotatable bonds is 7. The molecule has 5 nitrogen and oxygen atoms in total. The number of anilines is 1. The fourth-order valence-electron chi connectivity index (χ4n) is 2.42. The van der Waals surface area contributed by atoms with E-state index in [1.165, 1.54) is 18.2 Å². The van der Waals surface area contributed by atoms with Crippen molar-refractivity contribution in [3.63, 3.8) is 0 Å². The topological polar surface area (TPSA) is 66.5 Å². The van der Waals surface area contributed by atoms with Crippen molar-refractivity contribution in [2.75, 3.05) is 23.7 Å². The smallest absolute Gasteiger partial charge is 0.240 e. The van der Waals surface area contributed by atoms with Crippen molar-refractivity contribution in [3.8, 4) is 0 Å². The number of hydrogen-bond donors (Lipinski definition) is 1. The van der Waals surface area contributed by atoms with Crippen LogP contribution in [0.15, 0.2) is 42.5 Å². The van der Waals surface area contributed by atoms with Crippen LogP contribution in [0.4, 0.5) is 10.1 Å². The minimum atomic E-state index is -3.66. The quantitative estimate of drug-likeness (QED) is 0.779. The second kappa shape index (κ2) is 8.51. The Labute approximate surface area is 157 Å². The number of nitrogens with one attached hydrogen (secondary N) is 1. The molecule has 0 fully saturated rings. The number of hydrogen-bond acceptors (Lipinski definition) is 3. The third-order valence-electron chi connectivity index (χ3n) is 3.78. The Kier molecular flexibility index (Phi) is 6.61. The van der Waals surface area contributed by atoms with Crippen LogP contribution in [0.2, 0.25) is 5.02 Å². The normalized spacial score (nSPS) is 11.2. The fraction of sp³-hybridized carbons (Fsp3) is 0.278. The molecule has 0 aliphatic heterocycles. The zero-order valence-electron chi connectivity index (χ0n) is 14.5. The van der Waals surface area contributed by atoms with Gasteiger partial charge < -0.3 is 5.32 Å². The van der Waals surface area contributed by atoms with Crippen LogP contribution < -0.4 is 9.62 Å². The molecule has 2 rings (SSSR count). The average molecular weight is 399 g/mol. The van der Waals surface area contributed by atoms with E-state index in [-0.39, 0.29) is 12.4 Å². The Bertz CT molecular complexity index is 886. The van der Waals surface area contributed by atoms with Gasteiger partial charge in [-0.25, -0.2) is 12.8 Å². The molecule has 0 bridgehead atoms. The lowest BCUT2D eigenvalue weighted by molar-refractivity contribution is -0.119. The van der Waals surface area contributed by atoms with E-state index in [0.29, 0.717) is 29.2 Å². The largest absolute Gasteiger partial charge is 0.354 e. The Morgan fingerprint density at radius 3 is 2.46 bits per heavy atom. The van der Waals surface area contributed by atoms with Gasteiger partial charge in [0.15, 0.2) is 0 Å². The van der Waals surface area contributed by atoms with Gasteiger partial charge in [0, 0.05) is 11.6 Å². The number of sulfonamides is 1. The maximum atomic E-state index is 12.9. The molecule has 0 unspecified atom stereocenters. The van der Waals surface area contributed by atoms with E-state index >= 15 is 0 Å². The molecule has 0 aliphatic carbocycles. The van der Waals surface area contributed by atoms with Gasteiger partial charge in [-0.3, -0.25) is 9.10 Å². The monoisotopic (exact) mass is 398 g/mol. The number of benzene rings is 2. The first-order valence-electron chi connectivity index (χ1n) is 7.92. The Morgan fingerprint density at radius 2 is 1.85 bits per heavy atom. The first-order chi connectivity index (χ1) is 12.2. The lowest BCUT2D eigenvalue weighted by Crippen LogP contribution is -2.41. The van der Waals surface area contributed by atoms with Crippen LogP contribution in [0.3, 0.4) is 0 Å². The number of halogens is 2. The molecule has 0 heterocycles. The van der Waals surface area contributed by atoms with Crippen molar-refractivity contribution in [1.29, 1.82) is 0 Å². The second-order valence-electron chi connectivity index (χ2n) is 5.93. The van der Waals surface area contributed by atoms with E-state index < -0.39 is 15.9 Å². The molecule has 26 heavy (non-hydrogen) atoms. The minimum absolute atomic E-state index is 0.316. The summed E-state index contributed by atoms with van der Waals surface area (Å²) < 4.78 is 38.2. The summed E-state index contributed by atoms with van der Waals surface area (Å²) >= 11 is 5.96. The van der Waals surface area contributed by atoms with Crippen molar-refractivity contribution in [1.82, 2.24) is 5.32 Å². The van der Waals surface area contributed by atoms with E-state index in [9.17, 15) is 17.6 Å². The van der Waals surface area contributed by atoms with Crippen molar-refractivity contribution >= 4 is 33.2 Å². The summed E-state index contributed by atoms with van der Waals surface area (Å²) in [4.78, 5) is 12.2. The summed E-state index contributed by atoms with van der Waals surface area (Å²) in [5.74, 6) is -0.754. The third kappa shape index (κ3) is 5.71. The first kappa shape index (κ1) is 20.2. The average Bonchev–Trinajstić information content (AvgIpc) is 2.56. The highest BCUT2D eigenvalue weighted by atomic mass is 35.5. The number of nitrogens with zero attached hydrogens (tertiary/aromatic N) is 1. The summed E-state index contributed by atoms with van der Waals surface area (Å²) in [7, 11) is -3.66. The van der Waals surface area contributed by atoms with Crippen molar-refractivity contribution in [2.24, 2.45) is 0 Å². The lowest BCUT2D eigenvalue weighted by atomic mass is 10.1. The molecule has 0 atom stereocenters.